The topological polar surface area (TPSA) is 55.1 Å². The Morgan fingerprint density at radius 2 is 2.20 bits per heavy atom. The molecule has 0 saturated carbocycles. The van der Waals surface area contributed by atoms with E-state index in [0.29, 0.717) is 10.0 Å². The van der Waals surface area contributed by atoms with Gasteiger partial charge in [0.15, 0.2) is 0 Å². The number of nitrogens with one attached hydrogen (secondary N) is 1. The maximum atomic E-state index is 10.6. The number of halogens is 2. The zero-order chi connectivity index (χ0) is 11.4. The fraction of sp³-hybridized carbons (Fsp3) is 0.300. The molecule has 82 valence electrons. The van der Waals surface area contributed by atoms with Crippen LogP contribution in [0.15, 0.2) is 18.2 Å². The van der Waals surface area contributed by atoms with Crippen LogP contribution in [0.2, 0.25) is 10.0 Å². The van der Waals surface area contributed by atoms with Gasteiger partial charge in [-0.05, 0) is 24.6 Å². The SMILES string of the molecule is C[C@@H](NCC(N)=O)c1ccc(Cl)cc1Cl. The van der Waals surface area contributed by atoms with Gasteiger partial charge in [-0.2, -0.15) is 0 Å². The molecular weight excluding hydrogens is 235 g/mol. The van der Waals surface area contributed by atoms with Crippen LogP contribution < -0.4 is 11.1 Å². The summed E-state index contributed by atoms with van der Waals surface area (Å²) in [5, 5.41) is 4.12. The highest BCUT2D eigenvalue weighted by atomic mass is 35.5. The summed E-state index contributed by atoms with van der Waals surface area (Å²) in [6.45, 7) is 2.03. The minimum atomic E-state index is -0.396. The summed E-state index contributed by atoms with van der Waals surface area (Å²) in [5.74, 6) is -0.396. The Hall–Kier alpha value is -0.770. The van der Waals surface area contributed by atoms with Gasteiger partial charge < -0.3 is 11.1 Å². The van der Waals surface area contributed by atoms with E-state index >= 15 is 0 Å². The lowest BCUT2D eigenvalue weighted by atomic mass is 10.1. The largest absolute Gasteiger partial charge is 0.369 e. The van der Waals surface area contributed by atoms with Crippen LogP contribution in [0.4, 0.5) is 0 Å². The summed E-state index contributed by atoms with van der Waals surface area (Å²) in [5.41, 5.74) is 5.92. The van der Waals surface area contributed by atoms with E-state index in [2.05, 4.69) is 5.32 Å². The van der Waals surface area contributed by atoms with Crippen molar-refractivity contribution in [3.63, 3.8) is 0 Å². The second-order valence-electron chi connectivity index (χ2n) is 3.23. The smallest absolute Gasteiger partial charge is 0.231 e. The van der Waals surface area contributed by atoms with Crippen LogP contribution >= 0.6 is 23.2 Å². The van der Waals surface area contributed by atoms with Crippen LogP contribution in [0, 0.1) is 0 Å². The van der Waals surface area contributed by atoms with Crippen LogP contribution in [0.1, 0.15) is 18.5 Å². The van der Waals surface area contributed by atoms with E-state index in [1.807, 2.05) is 13.0 Å². The molecule has 1 amide bonds. The van der Waals surface area contributed by atoms with Gasteiger partial charge in [-0.25, -0.2) is 0 Å². The molecule has 15 heavy (non-hydrogen) atoms. The Morgan fingerprint density at radius 1 is 1.53 bits per heavy atom. The molecule has 0 aliphatic heterocycles. The van der Waals surface area contributed by atoms with Crippen molar-refractivity contribution in [3.05, 3.63) is 33.8 Å². The third kappa shape index (κ3) is 3.70. The average molecular weight is 247 g/mol. The molecule has 0 aliphatic carbocycles. The molecule has 0 fully saturated rings. The second kappa shape index (κ2) is 5.35. The van der Waals surface area contributed by atoms with E-state index in [1.54, 1.807) is 12.1 Å². The molecule has 5 heteroatoms. The van der Waals surface area contributed by atoms with Gasteiger partial charge in [0.2, 0.25) is 5.91 Å². The van der Waals surface area contributed by atoms with E-state index in [9.17, 15) is 4.79 Å². The number of rotatable bonds is 4. The first kappa shape index (κ1) is 12.3. The van der Waals surface area contributed by atoms with Gasteiger partial charge in [-0.15, -0.1) is 0 Å². The zero-order valence-corrected chi connectivity index (χ0v) is 9.77. The average Bonchev–Trinajstić information content (AvgIpc) is 2.14. The molecule has 1 rings (SSSR count). The minimum absolute atomic E-state index is 0.0396. The summed E-state index contributed by atoms with van der Waals surface area (Å²) in [6, 6.07) is 5.21. The lowest BCUT2D eigenvalue weighted by Gasteiger charge is -2.14. The predicted octanol–water partition coefficient (Wildman–Crippen LogP) is 2.13. The third-order valence-electron chi connectivity index (χ3n) is 2.01. The Kier molecular flexibility index (Phi) is 4.39. The van der Waals surface area contributed by atoms with Crippen molar-refractivity contribution >= 4 is 29.1 Å². The normalized spacial score (nSPS) is 12.5. The molecule has 0 aromatic heterocycles. The van der Waals surface area contributed by atoms with Crippen LogP contribution in [-0.2, 0) is 4.79 Å². The van der Waals surface area contributed by atoms with Crippen molar-refractivity contribution in [1.82, 2.24) is 5.32 Å². The first-order valence-corrected chi connectivity index (χ1v) is 5.23. The summed E-state index contributed by atoms with van der Waals surface area (Å²) in [6.07, 6.45) is 0. The fourth-order valence-electron chi connectivity index (χ4n) is 1.22. The van der Waals surface area contributed by atoms with Crippen LogP contribution in [0.25, 0.3) is 0 Å². The lowest BCUT2D eigenvalue weighted by Crippen LogP contribution is -2.30. The Balaban J connectivity index is 2.73. The number of carbonyl (C=O) groups excluding carboxylic acids is 1. The van der Waals surface area contributed by atoms with E-state index in [0.717, 1.165) is 5.56 Å². The second-order valence-corrected chi connectivity index (χ2v) is 4.08. The summed E-state index contributed by atoms with van der Waals surface area (Å²) >= 11 is 11.8. The molecule has 0 unspecified atom stereocenters. The Morgan fingerprint density at radius 3 is 2.73 bits per heavy atom. The monoisotopic (exact) mass is 246 g/mol. The van der Waals surface area contributed by atoms with Crippen LogP contribution in [-0.4, -0.2) is 12.5 Å². The molecule has 3 nitrogen and oxygen atoms in total. The van der Waals surface area contributed by atoms with Crippen molar-refractivity contribution in [2.24, 2.45) is 5.73 Å². The number of primary amides is 1. The maximum absolute atomic E-state index is 10.6. The highest BCUT2D eigenvalue weighted by Crippen LogP contribution is 2.25. The Bertz CT molecular complexity index is 368. The van der Waals surface area contributed by atoms with Crippen molar-refractivity contribution in [1.29, 1.82) is 0 Å². The molecule has 0 spiro atoms. The summed E-state index contributed by atoms with van der Waals surface area (Å²) in [7, 11) is 0. The van der Waals surface area contributed by atoms with E-state index in [-0.39, 0.29) is 12.6 Å². The molecule has 1 aromatic carbocycles. The van der Waals surface area contributed by atoms with Crippen LogP contribution in [0.3, 0.4) is 0 Å². The highest BCUT2D eigenvalue weighted by Gasteiger charge is 2.09. The first-order chi connectivity index (χ1) is 7.00. The number of hydrogen-bond donors (Lipinski definition) is 2. The predicted molar refractivity (Wildman–Crippen MR) is 62.1 cm³/mol. The van der Waals surface area contributed by atoms with Crippen molar-refractivity contribution < 1.29 is 4.79 Å². The molecule has 0 bridgehead atoms. The summed E-state index contributed by atoms with van der Waals surface area (Å²) in [4.78, 5) is 10.6. The van der Waals surface area contributed by atoms with Gasteiger partial charge in [0, 0.05) is 16.1 Å². The summed E-state index contributed by atoms with van der Waals surface area (Å²) < 4.78 is 0. The Labute approximate surface area is 98.5 Å². The molecule has 3 N–H and O–H groups in total. The van der Waals surface area contributed by atoms with E-state index < -0.39 is 5.91 Å². The number of carbonyl (C=O) groups is 1. The fourth-order valence-corrected chi connectivity index (χ4v) is 1.79. The van der Waals surface area contributed by atoms with Gasteiger partial charge in [-0.3, -0.25) is 4.79 Å². The molecule has 0 aliphatic rings. The molecule has 0 saturated heterocycles. The lowest BCUT2D eigenvalue weighted by molar-refractivity contribution is -0.117. The number of hydrogen-bond acceptors (Lipinski definition) is 2. The van der Waals surface area contributed by atoms with Gasteiger partial charge in [0.1, 0.15) is 0 Å². The van der Waals surface area contributed by atoms with Crippen molar-refractivity contribution in [2.45, 2.75) is 13.0 Å². The first-order valence-electron chi connectivity index (χ1n) is 4.47. The quantitative estimate of drug-likeness (QED) is 0.856. The number of nitrogens with two attached hydrogens (primary N) is 1. The van der Waals surface area contributed by atoms with E-state index in [1.165, 1.54) is 0 Å². The molecule has 0 heterocycles. The van der Waals surface area contributed by atoms with Gasteiger partial charge in [0.25, 0.3) is 0 Å². The van der Waals surface area contributed by atoms with Gasteiger partial charge >= 0.3 is 0 Å². The maximum Gasteiger partial charge on any atom is 0.231 e. The van der Waals surface area contributed by atoms with Crippen LogP contribution in [0.5, 0.6) is 0 Å². The standard InChI is InChI=1S/C10H12Cl2N2O/c1-6(14-5-10(13)15)8-3-2-7(11)4-9(8)12/h2-4,6,14H,5H2,1H3,(H2,13,15)/t6-/m1/s1. The number of amides is 1. The molecule has 1 aromatic rings. The number of benzene rings is 1. The van der Waals surface area contributed by atoms with Crippen molar-refractivity contribution in [2.75, 3.05) is 6.54 Å². The zero-order valence-electron chi connectivity index (χ0n) is 8.26. The highest BCUT2D eigenvalue weighted by molar-refractivity contribution is 6.35. The minimum Gasteiger partial charge on any atom is -0.369 e. The third-order valence-corrected chi connectivity index (χ3v) is 2.57. The molecular formula is C10H12Cl2N2O. The van der Waals surface area contributed by atoms with Crippen molar-refractivity contribution in [3.8, 4) is 0 Å². The van der Waals surface area contributed by atoms with E-state index in [4.69, 9.17) is 28.9 Å². The molecule has 1 atom stereocenters. The molecule has 0 radical (unpaired) electrons. The van der Waals surface area contributed by atoms with Gasteiger partial charge in [0.05, 0.1) is 6.54 Å². The van der Waals surface area contributed by atoms with Gasteiger partial charge in [-0.1, -0.05) is 29.3 Å².